The molecule has 0 spiro atoms. The number of hydrogen-bond donors (Lipinski definition) is 3. The lowest BCUT2D eigenvalue weighted by molar-refractivity contribution is -0.136. The fourth-order valence-corrected chi connectivity index (χ4v) is 4.31. The molecule has 1 aromatic carbocycles. The Morgan fingerprint density at radius 3 is 2.85 bits per heavy atom. The Hall–Kier alpha value is -2.25. The Morgan fingerprint density at radius 1 is 1.19 bits per heavy atom. The summed E-state index contributed by atoms with van der Waals surface area (Å²) in [6.45, 7) is 4.35. The van der Waals surface area contributed by atoms with E-state index in [1.54, 1.807) is 4.90 Å². The second-order valence-corrected chi connectivity index (χ2v) is 7.67. The minimum atomic E-state index is -0.557. The first-order chi connectivity index (χ1) is 13.1. The monoisotopic (exact) mass is 370 g/mol. The number of amides is 3. The molecule has 2 atom stereocenters. The molecule has 4 rings (SSSR count). The van der Waals surface area contributed by atoms with E-state index < -0.39 is 6.04 Å². The van der Waals surface area contributed by atoms with Gasteiger partial charge in [0, 0.05) is 25.1 Å². The zero-order chi connectivity index (χ0) is 18.8. The molecular formula is C20H26N4O3. The van der Waals surface area contributed by atoms with Crippen LogP contribution in [-0.2, 0) is 22.7 Å². The van der Waals surface area contributed by atoms with Gasteiger partial charge in [-0.1, -0.05) is 12.1 Å². The van der Waals surface area contributed by atoms with E-state index in [0.717, 1.165) is 49.6 Å². The van der Waals surface area contributed by atoms with Gasteiger partial charge in [0.15, 0.2) is 0 Å². The van der Waals surface area contributed by atoms with Gasteiger partial charge >= 0.3 is 0 Å². The van der Waals surface area contributed by atoms with Crippen molar-refractivity contribution in [1.29, 1.82) is 0 Å². The maximum Gasteiger partial charge on any atom is 0.255 e. The van der Waals surface area contributed by atoms with E-state index in [0.29, 0.717) is 18.5 Å². The van der Waals surface area contributed by atoms with Crippen LogP contribution in [0.4, 0.5) is 0 Å². The Kier molecular flexibility index (Phi) is 5.22. The number of carbonyl (C=O) groups is 3. The van der Waals surface area contributed by atoms with Gasteiger partial charge < -0.3 is 15.5 Å². The maximum atomic E-state index is 12.8. The smallest absolute Gasteiger partial charge is 0.255 e. The van der Waals surface area contributed by atoms with Gasteiger partial charge in [0.25, 0.3) is 5.91 Å². The lowest BCUT2D eigenvalue weighted by Gasteiger charge is -2.29. The van der Waals surface area contributed by atoms with E-state index in [4.69, 9.17) is 0 Å². The number of benzene rings is 1. The van der Waals surface area contributed by atoms with Crippen molar-refractivity contribution >= 4 is 17.7 Å². The highest BCUT2D eigenvalue weighted by atomic mass is 16.2. The minimum absolute atomic E-state index is 0.113. The maximum absolute atomic E-state index is 12.8. The molecule has 0 aliphatic carbocycles. The molecule has 144 valence electrons. The molecule has 1 aromatic rings. The predicted molar refractivity (Wildman–Crippen MR) is 99.8 cm³/mol. The van der Waals surface area contributed by atoms with Crippen LogP contribution in [0.3, 0.4) is 0 Å². The summed E-state index contributed by atoms with van der Waals surface area (Å²) in [5.41, 5.74) is 2.79. The fraction of sp³-hybridized carbons (Fsp3) is 0.550. The summed E-state index contributed by atoms with van der Waals surface area (Å²) in [6.07, 6.45) is 3.08. The average molecular weight is 370 g/mol. The minimum Gasteiger partial charge on any atom is -0.322 e. The van der Waals surface area contributed by atoms with Crippen LogP contribution < -0.4 is 16.0 Å². The Morgan fingerprint density at radius 2 is 2.07 bits per heavy atom. The first-order valence-corrected chi connectivity index (χ1v) is 9.80. The van der Waals surface area contributed by atoms with Crippen molar-refractivity contribution in [3.63, 3.8) is 0 Å². The van der Waals surface area contributed by atoms with Gasteiger partial charge in [0.05, 0.1) is 0 Å². The van der Waals surface area contributed by atoms with Gasteiger partial charge in [-0.3, -0.25) is 19.7 Å². The topological polar surface area (TPSA) is 90.5 Å². The normalized spacial score (nSPS) is 25.0. The molecule has 3 heterocycles. The van der Waals surface area contributed by atoms with Crippen LogP contribution in [0, 0.1) is 5.92 Å². The summed E-state index contributed by atoms with van der Waals surface area (Å²) in [7, 11) is 0. The van der Waals surface area contributed by atoms with E-state index in [1.807, 2.05) is 18.2 Å². The number of imide groups is 1. The second kappa shape index (κ2) is 7.78. The van der Waals surface area contributed by atoms with Crippen molar-refractivity contribution in [3.8, 4) is 0 Å². The standard InChI is InChI=1S/C20H26N4O3/c25-18-5-4-17(19(26)23-18)24-12-16-14(2-1-3-15(16)20(24)27)11-22-9-7-13-6-8-21-10-13/h1-3,13,17,21-22H,4-12H2,(H,23,25,26)/t13-,17?/m0/s1. The third-order valence-electron chi connectivity index (χ3n) is 5.89. The number of nitrogens with one attached hydrogen (secondary N) is 3. The van der Waals surface area contributed by atoms with E-state index in [1.165, 1.54) is 6.42 Å². The van der Waals surface area contributed by atoms with Crippen molar-refractivity contribution in [2.45, 2.75) is 44.8 Å². The van der Waals surface area contributed by atoms with Crippen LogP contribution in [0.2, 0.25) is 0 Å². The number of fused-ring (bicyclic) bond motifs is 1. The number of hydrogen-bond acceptors (Lipinski definition) is 5. The predicted octanol–water partition coefficient (Wildman–Crippen LogP) is 0.537. The highest BCUT2D eigenvalue weighted by molar-refractivity contribution is 6.05. The molecule has 7 nitrogen and oxygen atoms in total. The zero-order valence-corrected chi connectivity index (χ0v) is 15.4. The summed E-state index contributed by atoms with van der Waals surface area (Å²) in [6, 6.07) is 5.22. The third-order valence-corrected chi connectivity index (χ3v) is 5.89. The quantitative estimate of drug-likeness (QED) is 0.502. The molecule has 3 N–H and O–H groups in total. The van der Waals surface area contributed by atoms with Crippen molar-refractivity contribution < 1.29 is 14.4 Å². The molecule has 0 saturated carbocycles. The Balaban J connectivity index is 1.39. The van der Waals surface area contributed by atoms with Gasteiger partial charge in [0.2, 0.25) is 11.8 Å². The lowest BCUT2D eigenvalue weighted by Crippen LogP contribution is -2.52. The van der Waals surface area contributed by atoms with E-state index >= 15 is 0 Å². The summed E-state index contributed by atoms with van der Waals surface area (Å²) in [4.78, 5) is 38.0. The van der Waals surface area contributed by atoms with E-state index in [-0.39, 0.29) is 24.1 Å². The van der Waals surface area contributed by atoms with Gasteiger partial charge in [-0.2, -0.15) is 0 Å². The molecule has 2 saturated heterocycles. The summed E-state index contributed by atoms with van der Waals surface area (Å²) in [5.74, 6) is 0.0157. The van der Waals surface area contributed by atoms with Gasteiger partial charge in [-0.25, -0.2) is 0 Å². The van der Waals surface area contributed by atoms with Gasteiger partial charge in [-0.15, -0.1) is 0 Å². The van der Waals surface area contributed by atoms with Crippen LogP contribution in [0.25, 0.3) is 0 Å². The third kappa shape index (κ3) is 3.75. The number of nitrogens with zero attached hydrogens (tertiary/aromatic N) is 1. The zero-order valence-electron chi connectivity index (χ0n) is 15.4. The van der Waals surface area contributed by atoms with Crippen LogP contribution in [0.15, 0.2) is 18.2 Å². The number of carbonyl (C=O) groups excluding carboxylic acids is 3. The van der Waals surface area contributed by atoms with Gasteiger partial charge in [-0.05, 0) is 62.0 Å². The van der Waals surface area contributed by atoms with Crippen molar-refractivity contribution in [2.75, 3.05) is 19.6 Å². The molecule has 3 aliphatic rings. The van der Waals surface area contributed by atoms with Crippen LogP contribution in [0.5, 0.6) is 0 Å². The highest BCUT2D eigenvalue weighted by Gasteiger charge is 2.39. The van der Waals surface area contributed by atoms with Crippen LogP contribution in [0.1, 0.15) is 47.2 Å². The molecular weight excluding hydrogens is 344 g/mol. The molecule has 3 amide bonds. The van der Waals surface area contributed by atoms with E-state index in [2.05, 4.69) is 16.0 Å². The van der Waals surface area contributed by atoms with Crippen molar-refractivity contribution in [2.24, 2.45) is 5.92 Å². The largest absolute Gasteiger partial charge is 0.322 e. The molecule has 0 radical (unpaired) electrons. The SMILES string of the molecule is O=C1CCC(N2Cc3c(CNCC[C@@H]4CCNC4)cccc3C2=O)C(=O)N1. The van der Waals surface area contributed by atoms with Gasteiger partial charge in [0.1, 0.15) is 6.04 Å². The number of rotatable bonds is 6. The molecule has 3 aliphatic heterocycles. The van der Waals surface area contributed by atoms with Crippen LogP contribution >= 0.6 is 0 Å². The van der Waals surface area contributed by atoms with E-state index in [9.17, 15) is 14.4 Å². The van der Waals surface area contributed by atoms with Crippen LogP contribution in [-0.4, -0.2) is 48.3 Å². The van der Waals surface area contributed by atoms with Crippen molar-refractivity contribution in [3.05, 3.63) is 34.9 Å². The summed E-state index contributed by atoms with van der Waals surface area (Å²) in [5, 5.41) is 9.24. The molecule has 1 unspecified atom stereocenters. The fourth-order valence-electron chi connectivity index (χ4n) is 4.31. The molecule has 7 heteroatoms. The summed E-state index contributed by atoms with van der Waals surface area (Å²) < 4.78 is 0. The number of piperidine rings is 1. The average Bonchev–Trinajstić information content (AvgIpc) is 3.28. The lowest BCUT2D eigenvalue weighted by atomic mass is 10.0. The molecule has 27 heavy (non-hydrogen) atoms. The highest BCUT2D eigenvalue weighted by Crippen LogP contribution is 2.29. The molecule has 2 fully saturated rings. The Bertz CT molecular complexity index is 758. The Labute approximate surface area is 158 Å². The molecule has 0 bridgehead atoms. The summed E-state index contributed by atoms with van der Waals surface area (Å²) >= 11 is 0. The second-order valence-electron chi connectivity index (χ2n) is 7.67. The molecule has 0 aromatic heterocycles. The first kappa shape index (κ1) is 18.1. The first-order valence-electron chi connectivity index (χ1n) is 9.80. The van der Waals surface area contributed by atoms with Crippen molar-refractivity contribution in [1.82, 2.24) is 20.9 Å².